The molecule has 0 fully saturated rings. The molecule has 0 amide bonds. The lowest BCUT2D eigenvalue weighted by Crippen LogP contribution is -2.18. The molecule has 10 aromatic rings. The molecule has 0 saturated heterocycles. The largest absolute Gasteiger partial charge is 0.314 e. The molecule has 0 unspecified atom stereocenters. The van der Waals surface area contributed by atoms with Gasteiger partial charge in [-0.3, -0.25) is 0 Å². The molecular formula is C56H40N2. The van der Waals surface area contributed by atoms with E-state index < -0.39 is 0 Å². The van der Waals surface area contributed by atoms with Crippen LogP contribution < -0.4 is 4.90 Å². The van der Waals surface area contributed by atoms with Crippen LogP contribution in [0.5, 0.6) is 0 Å². The van der Waals surface area contributed by atoms with Crippen LogP contribution in [0.2, 0.25) is 0 Å². The van der Waals surface area contributed by atoms with Crippen LogP contribution in [0.3, 0.4) is 0 Å². The fourth-order valence-electron chi connectivity index (χ4n) is 9.24. The van der Waals surface area contributed by atoms with Gasteiger partial charge in [0.25, 0.3) is 0 Å². The second kappa shape index (κ2) is 14.3. The third-order valence-corrected chi connectivity index (χ3v) is 11.9. The molecule has 11 rings (SSSR count). The number of aromatic nitrogens is 1. The highest BCUT2D eigenvalue weighted by molar-refractivity contribution is 6.16. The number of hydrogen-bond acceptors (Lipinski definition) is 1. The van der Waals surface area contributed by atoms with E-state index >= 15 is 0 Å². The third-order valence-electron chi connectivity index (χ3n) is 11.9. The van der Waals surface area contributed by atoms with E-state index in [2.05, 4.69) is 228 Å². The van der Waals surface area contributed by atoms with Crippen molar-refractivity contribution in [3.8, 4) is 27.9 Å². The van der Waals surface area contributed by atoms with Crippen LogP contribution in [0.25, 0.3) is 76.9 Å². The van der Waals surface area contributed by atoms with E-state index in [1.54, 1.807) is 0 Å². The average Bonchev–Trinajstić information content (AvgIpc) is 3.64. The number of rotatable bonds is 7. The van der Waals surface area contributed by atoms with Gasteiger partial charge in [-0.1, -0.05) is 164 Å². The SMILES string of the molecule is C1=C(c2cccc3ccccc23)CCC(N(c2cccc(-c3cccc4ccccc34)c2)c2cccc(-c3cccc4c3c3ccccc3n4-c3ccccc3)c2)=C1. The molecule has 0 bridgehead atoms. The highest BCUT2D eigenvalue weighted by Crippen LogP contribution is 2.43. The van der Waals surface area contributed by atoms with E-state index in [1.165, 1.54) is 82.4 Å². The molecule has 1 aliphatic carbocycles. The first-order valence-electron chi connectivity index (χ1n) is 20.2. The van der Waals surface area contributed by atoms with Crippen molar-refractivity contribution in [1.29, 1.82) is 0 Å². The standard InChI is InChI=1S/C56H40N2/c1-2-21-44(22-3-1)58-54-31-9-8-27-53(54)56-52(30-14-32-55(56)58)43-20-11-24-47(38-43)57(45-35-33-41(34-36-45)50-28-12-17-39-15-4-6-25-48(39)50)46-23-10-19-42(37-46)51-29-13-18-40-16-5-7-26-49(40)51/h1-33,35,37-38H,34,36H2. The number of hydrogen-bond donors (Lipinski definition) is 0. The van der Waals surface area contributed by atoms with Crippen molar-refractivity contribution in [2.75, 3.05) is 4.90 Å². The maximum Gasteiger partial charge on any atom is 0.0547 e. The van der Waals surface area contributed by atoms with Crippen LogP contribution in [0.1, 0.15) is 18.4 Å². The highest BCUT2D eigenvalue weighted by Gasteiger charge is 2.22. The fourth-order valence-corrected chi connectivity index (χ4v) is 9.24. The molecule has 0 radical (unpaired) electrons. The summed E-state index contributed by atoms with van der Waals surface area (Å²) in [6, 6.07) is 75.2. The van der Waals surface area contributed by atoms with Gasteiger partial charge in [0.15, 0.2) is 0 Å². The van der Waals surface area contributed by atoms with Gasteiger partial charge < -0.3 is 9.47 Å². The van der Waals surface area contributed by atoms with Crippen molar-refractivity contribution in [3.63, 3.8) is 0 Å². The fraction of sp³-hybridized carbons (Fsp3) is 0.0357. The summed E-state index contributed by atoms with van der Waals surface area (Å²) in [5.41, 5.74) is 14.7. The highest BCUT2D eigenvalue weighted by atomic mass is 15.1. The average molecular weight is 741 g/mol. The van der Waals surface area contributed by atoms with Crippen LogP contribution in [-0.2, 0) is 0 Å². The first-order chi connectivity index (χ1) is 28.8. The zero-order valence-corrected chi connectivity index (χ0v) is 32.1. The zero-order chi connectivity index (χ0) is 38.4. The normalized spacial score (nSPS) is 12.9. The summed E-state index contributed by atoms with van der Waals surface area (Å²) >= 11 is 0. The minimum Gasteiger partial charge on any atom is -0.314 e. The Kier molecular flexibility index (Phi) is 8.33. The number of allylic oxidation sites excluding steroid dienone is 4. The Labute approximate surface area is 338 Å². The van der Waals surface area contributed by atoms with Gasteiger partial charge in [-0.2, -0.15) is 0 Å². The number of anilines is 2. The Morgan fingerprint density at radius 2 is 0.914 bits per heavy atom. The lowest BCUT2D eigenvalue weighted by molar-refractivity contribution is 0.931. The second-order valence-electron chi connectivity index (χ2n) is 15.2. The van der Waals surface area contributed by atoms with Crippen molar-refractivity contribution in [2.24, 2.45) is 0 Å². The van der Waals surface area contributed by atoms with Crippen LogP contribution in [0, 0.1) is 0 Å². The minimum atomic E-state index is 0.915. The molecule has 0 aliphatic heterocycles. The smallest absolute Gasteiger partial charge is 0.0547 e. The van der Waals surface area contributed by atoms with Gasteiger partial charge in [0.1, 0.15) is 0 Å². The van der Waals surface area contributed by atoms with Gasteiger partial charge in [-0.25, -0.2) is 0 Å². The second-order valence-corrected chi connectivity index (χ2v) is 15.2. The first kappa shape index (κ1) is 33.9. The summed E-state index contributed by atoms with van der Waals surface area (Å²) in [7, 11) is 0. The van der Waals surface area contributed by atoms with E-state index in [0.29, 0.717) is 0 Å². The Bertz CT molecular complexity index is 3230. The number of fused-ring (bicyclic) bond motifs is 5. The lowest BCUT2D eigenvalue weighted by Gasteiger charge is -2.31. The molecule has 0 N–H and O–H groups in total. The van der Waals surface area contributed by atoms with Gasteiger partial charge in [-0.15, -0.1) is 0 Å². The van der Waals surface area contributed by atoms with Crippen molar-refractivity contribution >= 4 is 60.3 Å². The zero-order valence-electron chi connectivity index (χ0n) is 32.1. The molecule has 274 valence electrons. The van der Waals surface area contributed by atoms with Gasteiger partial charge in [0.2, 0.25) is 0 Å². The lowest BCUT2D eigenvalue weighted by atomic mass is 9.91. The van der Waals surface area contributed by atoms with Crippen LogP contribution in [0.15, 0.2) is 224 Å². The summed E-state index contributed by atoms with van der Waals surface area (Å²) in [6.45, 7) is 0. The van der Waals surface area contributed by atoms with E-state index in [-0.39, 0.29) is 0 Å². The van der Waals surface area contributed by atoms with Crippen molar-refractivity contribution in [1.82, 2.24) is 4.57 Å². The number of para-hydroxylation sites is 2. The summed E-state index contributed by atoms with van der Waals surface area (Å²) in [5, 5.41) is 7.62. The van der Waals surface area contributed by atoms with Crippen LogP contribution in [0.4, 0.5) is 11.4 Å². The topological polar surface area (TPSA) is 8.17 Å². The predicted molar refractivity (Wildman–Crippen MR) is 247 cm³/mol. The molecule has 1 aliphatic rings. The molecule has 1 heterocycles. The quantitative estimate of drug-likeness (QED) is 0.158. The van der Waals surface area contributed by atoms with Crippen molar-refractivity contribution < 1.29 is 0 Å². The Morgan fingerprint density at radius 3 is 1.62 bits per heavy atom. The molecule has 2 heteroatoms. The maximum absolute atomic E-state index is 2.49. The van der Waals surface area contributed by atoms with Gasteiger partial charge in [-0.05, 0) is 122 Å². The molecule has 9 aromatic carbocycles. The monoisotopic (exact) mass is 740 g/mol. The van der Waals surface area contributed by atoms with Crippen LogP contribution >= 0.6 is 0 Å². The molecule has 0 atom stereocenters. The van der Waals surface area contributed by atoms with Crippen LogP contribution in [-0.4, -0.2) is 4.57 Å². The van der Waals surface area contributed by atoms with Gasteiger partial charge in [0, 0.05) is 33.5 Å². The Morgan fingerprint density at radius 1 is 0.379 bits per heavy atom. The van der Waals surface area contributed by atoms with Crippen molar-refractivity contribution in [3.05, 3.63) is 230 Å². The van der Waals surface area contributed by atoms with E-state index in [0.717, 1.165) is 29.9 Å². The Balaban J connectivity index is 1.08. The Hall–Kier alpha value is -7.42. The maximum atomic E-state index is 2.49. The molecule has 2 nitrogen and oxygen atoms in total. The van der Waals surface area contributed by atoms with E-state index in [1.807, 2.05) is 0 Å². The summed E-state index contributed by atoms with van der Waals surface area (Å²) < 4.78 is 2.40. The summed E-state index contributed by atoms with van der Waals surface area (Å²) in [6.07, 6.45) is 6.58. The predicted octanol–water partition coefficient (Wildman–Crippen LogP) is 15.3. The van der Waals surface area contributed by atoms with Gasteiger partial charge in [0.05, 0.1) is 11.0 Å². The van der Waals surface area contributed by atoms with Crippen molar-refractivity contribution in [2.45, 2.75) is 12.8 Å². The van der Waals surface area contributed by atoms with E-state index in [9.17, 15) is 0 Å². The summed E-state index contributed by atoms with van der Waals surface area (Å²) in [4.78, 5) is 2.49. The molecule has 1 aromatic heterocycles. The first-order valence-corrected chi connectivity index (χ1v) is 20.2. The van der Waals surface area contributed by atoms with Gasteiger partial charge >= 0.3 is 0 Å². The van der Waals surface area contributed by atoms with E-state index in [4.69, 9.17) is 0 Å². The molecule has 0 saturated carbocycles. The molecule has 0 spiro atoms. The summed E-state index contributed by atoms with van der Waals surface area (Å²) in [5.74, 6) is 0. The molecular weight excluding hydrogens is 701 g/mol. The minimum absolute atomic E-state index is 0.915. The number of nitrogens with zero attached hydrogens (tertiary/aromatic N) is 2. The molecule has 58 heavy (non-hydrogen) atoms. The number of benzene rings is 9. The third kappa shape index (κ3) is 5.81.